The Balaban J connectivity index is 1.33. The van der Waals surface area contributed by atoms with Gasteiger partial charge in [-0.3, -0.25) is 19.3 Å². The van der Waals surface area contributed by atoms with Crippen LogP contribution >= 0.6 is 0 Å². The van der Waals surface area contributed by atoms with Gasteiger partial charge >= 0.3 is 6.09 Å². The first-order valence-corrected chi connectivity index (χ1v) is 13.6. The summed E-state index contributed by atoms with van der Waals surface area (Å²) in [5.41, 5.74) is -0.836. The largest absolute Gasteiger partial charge is 0.444 e. The number of carbonyl (C=O) groups excluding carboxylic acids is 4. The van der Waals surface area contributed by atoms with E-state index < -0.39 is 41.7 Å². The normalized spacial score (nSPS) is 32.0. The molecule has 0 aromatic heterocycles. The second kappa shape index (κ2) is 9.19. The van der Waals surface area contributed by atoms with Crippen LogP contribution in [0.2, 0.25) is 0 Å². The molecule has 2 heterocycles. The summed E-state index contributed by atoms with van der Waals surface area (Å²) in [7, 11) is 0. The lowest BCUT2D eigenvalue weighted by Gasteiger charge is -2.32. The molecule has 2 aliphatic heterocycles. The maximum atomic E-state index is 13.7. The van der Waals surface area contributed by atoms with Gasteiger partial charge in [0.15, 0.2) is 6.10 Å². The third kappa shape index (κ3) is 5.33. The van der Waals surface area contributed by atoms with Gasteiger partial charge in [-0.25, -0.2) is 4.79 Å². The highest BCUT2D eigenvalue weighted by molar-refractivity contribution is 5.89. The topological polar surface area (TPSA) is 137 Å². The van der Waals surface area contributed by atoms with E-state index in [1.165, 1.54) is 4.90 Å². The van der Waals surface area contributed by atoms with Crippen molar-refractivity contribution in [1.82, 2.24) is 20.9 Å². The molecule has 0 aromatic carbocycles. The van der Waals surface area contributed by atoms with Crippen molar-refractivity contribution in [3.8, 4) is 0 Å². The Morgan fingerprint density at radius 1 is 1.19 bits per heavy atom. The van der Waals surface area contributed by atoms with Gasteiger partial charge in [0, 0.05) is 24.0 Å². The van der Waals surface area contributed by atoms with Gasteiger partial charge in [-0.15, -0.1) is 0 Å². The van der Waals surface area contributed by atoms with E-state index in [0.717, 1.165) is 44.9 Å². The Morgan fingerprint density at radius 2 is 1.92 bits per heavy atom. The van der Waals surface area contributed by atoms with Gasteiger partial charge in [0.25, 0.3) is 5.91 Å². The second-order valence-corrected chi connectivity index (χ2v) is 12.7. The van der Waals surface area contributed by atoms with E-state index in [9.17, 15) is 24.3 Å². The van der Waals surface area contributed by atoms with Crippen LogP contribution in [0.1, 0.15) is 78.6 Å². The summed E-state index contributed by atoms with van der Waals surface area (Å²) >= 11 is 0. The molecule has 4 amide bonds. The fraction of sp³-hybridized carbons (Fsp3) is 0.846. The van der Waals surface area contributed by atoms with E-state index in [2.05, 4.69) is 16.0 Å². The number of carbonyl (C=O) groups is 4. The summed E-state index contributed by atoms with van der Waals surface area (Å²) in [6, 6.07) is -1.59. The van der Waals surface area contributed by atoms with Gasteiger partial charge in [0.05, 0.1) is 6.04 Å². The van der Waals surface area contributed by atoms with Crippen LogP contribution in [0.15, 0.2) is 0 Å². The van der Waals surface area contributed by atoms with E-state index in [0.29, 0.717) is 13.0 Å². The minimum absolute atomic E-state index is 0.0140. The van der Waals surface area contributed by atoms with Gasteiger partial charge in [0.1, 0.15) is 11.6 Å². The van der Waals surface area contributed by atoms with E-state index in [1.54, 1.807) is 20.8 Å². The van der Waals surface area contributed by atoms with Crippen molar-refractivity contribution in [3.05, 3.63) is 0 Å². The number of rotatable bonds is 7. The first kappa shape index (κ1) is 25.3. The van der Waals surface area contributed by atoms with Crippen molar-refractivity contribution in [2.24, 2.45) is 17.8 Å². The average molecular weight is 505 g/mol. The van der Waals surface area contributed by atoms with Crippen molar-refractivity contribution >= 4 is 23.8 Å². The number of likely N-dealkylation sites (tertiary alicyclic amines) is 1. The molecule has 1 spiro atoms. The van der Waals surface area contributed by atoms with Gasteiger partial charge in [-0.05, 0) is 84.0 Å². The summed E-state index contributed by atoms with van der Waals surface area (Å²) in [6.45, 7) is 5.84. The van der Waals surface area contributed by atoms with Crippen LogP contribution in [0.25, 0.3) is 0 Å². The zero-order valence-corrected chi connectivity index (χ0v) is 21.5. The number of hydrogen-bond acceptors (Lipinski definition) is 6. The summed E-state index contributed by atoms with van der Waals surface area (Å²) in [5.74, 6) is -1.15. The van der Waals surface area contributed by atoms with E-state index >= 15 is 0 Å². The first-order valence-electron chi connectivity index (χ1n) is 13.6. The molecule has 6 atom stereocenters. The number of fused-ring (bicyclic) bond motifs is 1. The Kier molecular flexibility index (Phi) is 6.46. The number of hydrogen-bond donors (Lipinski definition) is 4. The quantitative estimate of drug-likeness (QED) is 0.411. The fourth-order valence-corrected chi connectivity index (χ4v) is 6.34. The number of amides is 4. The molecule has 5 aliphatic rings. The molecule has 10 heteroatoms. The molecule has 1 unspecified atom stereocenters. The van der Waals surface area contributed by atoms with Crippen molar-refractivity contribution in [1.29, 1.82) is 0 Å². The molecular weight excluding hydrogens is 464 g/mol. The predicted octanol–water partition coefficient (Wildman–Crippen LogP) is 1.21. The number of ether oxygens (including phenoxy) is 1. The monoisotopic (exact) mass is 504 g/mol. The Morgan fingerprint density at radius 3 is 2.53 bits per heavy atom. The average Bonchev–Trinajstić information content (AvgIpc) is 3.61. The number of aliphatic hydroxyl groups excluding tert-OH is 1. The lowest BCUT2D eigenvalue weighted by atomic mass is 9.90. The van der Waals surface area contributed by atoms with Crippen LogP contribution in [0.5, 0.6) is 0 Å². The molecular formula is C26H40N4O6. The minimum atomic E-state index is -1.48. The molecule has 5 rings (SSSR count). The maximum absolute atomic E-state index is 13.7. The molecule has 3 aliphatic carbocycles. The number of aliphatic hydroxyl groups is 1. The molecule has 5 fully saturated rings. The third-order valence-electron chi connectivity index (χ3n) is 8.48. The molecule has 0 bridgehead atoms. The van der Waals surface area contributed by atoms with Crippen LogP contribution in [-0.2, 0) is 19.1 Å². The highest BCUT2D eigenvalue weighted by Gasteiger charge is 2.54. The third-order valence-corrected chi connectivity index (χ3v) is 8.48. The molecule has 3 saturated carbocycles. The van der Waals surface area contributed by atoms with Crippen LogP contribution in [-0.4, -0.2) is 75.7 Å². The van der Waals surface area contributed by atoms with Gasteiger partial charge < -0.3 is 25.8 Å². The maximum Gasteiger partial charge on any atom is 0.410 e. The smallest absolute Gasteiger partial charge is 0.410 e. The molecule has 0 aromatic rings. The number of nitrogens with zero attached hydrogens (tertiary/aromatic N) is 1. The molecule has 2 saturated heterocycles. The fourth-order valence-electron chi connectivity index (χ4n) is 6.34. The molecule has 0 radical (unpaired) electrons. The van der Waals surface area contributed by atoms with Crippen LogP contribution in [0.3, 0.4) is 0 Å². The zero-order valence-electron chi connectivity index (χ0n) is 21.5. The van der Waals surface area contributed by atoms with Crippen LogP contribution in [0, 0.1) is 17.8 Å². The molecule has 4 N–H and O–H groups in total. The van der Waals surface area contributed by atoms with Crippen molar-refractivity contribution in [2.75, 3.05) is 6.54 Å². The number of nitrogens with one attached hydrogen (secondary N) is 3. The second-order valence-electron chi connectivity index (χ2n) is 12.7. The van der Waals surface area contributed by atoms with E-state index in [-0.39, 0.29) is 41.7 Å². The standard InChI is InChI=1S/C26H40N4O6/c1-25(2,3)36-24(35)30-13-14-5-4-6-17(14)19(30)22(33)28-18(20(31)23(34)27-16-7-8-16)11-15-12-26(9-10-26)29-21(15)32/h14-20,31H,4-13H2,1-3H3,(H,27,34)(H,28,33)(H,29,32)/t14-,15+,17-,18-,19-,20?/m0/s1. The summed E-state index contributed by atoms with van der Waals surface area (Å²) in [6.07, 6.45) is 5.23. The van der Waals surface area contributed by atoms with E-state index in [1.807, 2.05) is 0 Å². The molecule has 10 nitrogen and oxygen atoms in total. The van der Waals surface area contributed by atoms with Gasteiger partial charge in [-0.2, -0.15) is 0 Å². The lowest BCUT2D eigenvalue weighted by Crippen LogP contribution is -2.57. The van der Waals surface area contributed by atoms with E-state index in [4.69, 9.17) is 4.74 Å². The van der Waals surface area contributed by atoms with Crippen LogP contribution in [0.4, 0.5) is 4.79 Å². The van der Waals surface area contributed by atoms with Gasteiger partial charge in [-0.1, -0.05) is 6.42 Å². The summed E-state index contributed by atoms with van der Waals surface area (Å²) in [4.78, 5) is 53.7. The predicted molar refractivity (Wildman–Crippen MR) is 129 cm³/mol. The Labute approximate surface area is 212 Å². The molecule has 36 heavy (non-hydrogen) atoms. The molecule has 200 valence electrons. The SMILES string of the molecule is CC(C)(C)OC(=O)N1C[C@@H]2CCC[C@@H]2[C@H]1C(=O)N[C@@H](C[C@@H]1CC2(CC2)NC1=O)C(O)C(=O)NC1CC1. The summed E-state index contributed by atoms with van der Waals surface area (Å²) < 4.78 is 5.60. The van der Waals surface area contributed by atoms with Crippen molar-refractivity contribution in [3.63, 3.8) is 0 Å². The highest BCUT2D eigenvalue weighted by atomic mass is 16.6. The Hall–Kier alpha value is -2.36. The Bertz CT molecular complexity index is 924. The highest BCUT2D eigenvalue weighted by Crippen LogP contribution is 2.46. The first-order chi connectivity index (χ1) is 16.9. The minimum Gasteiger partial charge on any atom is -0.444 e. The van der Waals surface area contributed by atoms with Crippen molar-refractivity contribution < 1.29 is 29.0 Å². The lowest BCUT2D eigenvalue weighted by molar-refractivity contribution is -0.135. The van der Waals surface area contributed by atoms with Crippen LogP contribution < -0.4 is 16.0 Å². The van der Waals surface area contributed by atoms with Gasteiger partial charge in [0.2, 0.25) is 11.8 Å². The van der Waals surface area contributed by atoms with Crippen molar-refractivity contribution in [2.45, 2.75) is 114 Å². The zero-order chi connectivity index (χ0) is 25.8. The summed E-state index contributed by atoms with van der Waals surface area (Å²) in [5, 5.41) is 19.8.